The average Bonchev–Trinajstić information content (AvgIpc) is 2.44. The Hall–Kier alpha value is -0.203. The lowest BCUT2D eigenvalue weighted by atomic mass is 9.96. The first-order valence-corrected chi connectivity index (χ1v) is 10.6. The molecule has 0 bridgehead atoms. The molecule has 1 aromatic rings. The predicted octanol–water partition coefficient (Wildman–Crippen LogP) is 3.44. The maximum absolute atomic E-state index is 11.9. The Kier molecular flexibility index (Phi) is 4.21. The molecule has 0 unspecified atom stereocenters. The van der Waals surface area contributed by atoms with Crippen LogP contribution < -0.4 is 10.6 Å². The number of halogens is 1. The zero-order valence-corrected chi connectivity index (χ0v) is 14.5. The average molecular weight is 335 g/mol. The minimum atomic E-state index is -1.45. The molecule has 0 radical (unpaired) electrons. The largest absolute Gasteiger partial charge is 0.301 e. The molecule has 0 atom stereocenters. The van der Waals surface area contributed by atoms with Gasteiger partial charge in [-0.2, -0.15) is 0 Å². The Bertz CT molecular complexity index is 432. The molecule has 0 spiro atoms. The van der Waals surface area contributed by atoms with Crippen molar-refractivity contribution in [1.29, 1.82) is 0 Å². The molecule has 1 rings (SSSR count). The van der Waals surface area contributed by atoms with Crippen molar-refractivity contribution < 1.29 is 4.79 Å². The van der Waals surface area contributed by atoms with Gasteiger partial charge >= 0.3 is 0 Å². The Morgan fingerprint density at radius 2 is 1.88 bits per heavy atom. The molecule has 0 fully saturated rings. The number of carbonyl (C=O) groups excluding carboxylic acids is 1. The van der Waals surface area contributed by atoms with Crippen molar-refractivity contribution in [3.05, 3.63) is 3.79 Å². The van der Waals surface area contributed by atoms with Gasteiger partial charge in [0.25, 0.3) is 0 Å². The van der Waals surface area contributed by atoms with E-state index in [9.17, 15) is 4.79 Å². The Morgan fingerprint density at radius 1 is 1.35 bits per heavy atom. The summed E-state index contributed by atoms with van der Waals surface area (Å²) in [5, 5.41) is 4.68. The number of nitrogens with one attached hydrogen (secondary N) is 1. The highest BCUT2D eigenvalue weighted by atomic mass is 79.9. The number of anilines is 1. The fourth-order valence-corrected chi connectivity index (χ4v) is 6.22. The molecular weight excluding hydrogens is 316 g/mol. The van der Waals surface area contributed by atoms with Gasteiger partial charge in [0.2, 0.25) is 5.91 Å². The summed E-state index contributed by atoms with van der Waals surface area (Å²) < 4.78 is 1.04. The second-order valence-corrected chi connectivity index (χ2v) is 13.4. The third-order valence-electron chi connectivity index (χ3n) is 2.20. The molecule has 0 saturated carbocycles. The summed E-state index contributed by atoms with van der Waals surface area (Å²) in [5.41, 5.74) is -0.391. The van der Waals surface area contributed by atoms with Crippen molar-refractivity contribution in [3.8, 4) is 0 Å². The molecule has 1 amide bonds. The topological polar surface area (TPSA) is 42.0 Å². The zero-order valence-electron chi connectivity index (χ0n) is 11.1. The minimum Gasteiger partial charge on any atom is -0.301 e. The van der Waals surface area contributed by atoms with Crippen LogP contribution in [-0.2, 0) is 4.79 Å². The summed E-state index contributed by atoms with van der Waals surface area (Å²) in [4.78, 5) is 16.4. The summed E-state index contributed by atoms with van der Waals surface area (Å²) in [6.45, 7) is 12.4. The highest BCUT2D eigenvalue weighted by Crippen LogP contribution is 2.26. The molecule has 1 heterocycles. The van der Waals surface area contributed by atoms with Gasteiger partial charge in [-0.25, -0.2) is 4.98 Å². The number of hydrogen-bond acceptors (Lipinski definition) is 3. The van der Waals surface area contributed by atoms with Crippen molar-refractivity contribution in [2.45, 2.75) is 40.4 Å². The Balaban J connectivity index is 2.93. The summed E-state index contributed by atoms with van der Waals surface area (Å²) in [5.74, 6) is 0.000811. The molecule has 0 aromatic carbocycles. The van der Waals surface area contributed by atoms with Crippen LogP contribution >= 0.6 is 27.3 Å². The molecule has 0 aliphatic rings. The molecule has 6 heteroatoms. The van der Waals surface area contributed by atoms with Gasteiger partial charge in [0.05, 0.1) is 9.10 Å². The first-order valence-electron chi connectivity index (χ1n) is 5.50. The maximum atomic E-state index is 11.9. The van der Waals surface area contributed by atoms with Crippen LogP contribution in [0.3, 0.4) is 0 Å². The highest BCUT2D eigenvalue weighted by Gasteiger charge is 2.26. The van der Waals surface area contributed by atoms with Crippen LogP contribution in [0.2, 0.25) is 19.6 Å². The number of hydrogen-bond donors (Lipinski definition) is 1. The molecular formula is C11H19BrN2OSSi. The number of amides is 1. The fraction of sp³-hybridized carbons (Fsp3) is 0.636. The third kappa shape index (κ3) is 3.89. The first kappa shape index (κ1) is 14.9. The summed E-state index contributed by atoms with van der Waals surface area (Å²) in [6.07, 6.45) is 0. The highest BCUT2D eigenvalue weighted by molar-refractivity contribution is 9.11. The number of carbonyl (C=O) groups is 1. The van der Waals surface area contributed by atoms with E-state index in [4.69, 9.17) is 0 Å². The van der Waals surface area contributed by atoms with Crippen LogP contribution in [0.1, 0.15) is 20.8 Å². The van der Waals surface area contributed by atoms with Gasteiger partial charge in [-0.15, -0.1) is 0 Å². The predicted molar refractivity (Wildman–Crippen MR) is 80.9 cm³/mol. The van der Waals surface area contributed by atoms with Crippen LogP contribution in [0, 0.1) is 5.41 Å². The van der Waals surface area contributed by atoms with Gasteiger partial charge in [-0.05, 0) is 15.9 Å². The molecule has 1 N–H and O–H groups in total. The lowest BCUT2D eigenvalue weighted by molar-refractivity contribution is -0.123. The third-order valence-corrected chi connectivity index (χ3v) is 6.15. The fourth-order valence-electron chi connectivity index (χ4n) is 1.10. The van der Waals surface area contributed by atoms with Crippen molar-refractivity contribution in [2.24, 2.45) is 5.41 Å². The van der Waals surface area contributed by atoms with E-state index in [0.29, 0.717) is 5.13 Å². The SMILES string of the molecule is CC(C)(C)C(=O)Nc1nc([Si](C)(C)C)c(Br)s1. The Morgan fingerprint density at radius 3 is 2.24 bits per heavy atom. The lowest BCUT2D eigenvalue weighted by Crippen LogP contribution is -2.39. The molecule has 3 nitrogen and oxygen atoms in total. The van der Waals surface area contributed by atoms with Gasteiger partial charge in [-0.1, -0.05) is 51.7 Å². The van der Waals surface area contributed by atoms with E-state index in [0.717, 1.165) is 9.10 Å². The number of nitrogens with zero attached hydrogens (tertiary/aromatic N) is 1. The van der Waals surface area contributed by atoms with Gasteiger partial charge in [-0.3, -0.25) is 4.79 Å². The monoisotopic (exact) mass is 334 g/mol. The molecule has 0 saturated heterocycles. The lowest BCUT2D eigenvalue weighted by Gasteiger charge is -2.16. The van der Waals surface area contributed by atoms with Crippen LogP contribution in [0.15, 0.2) is 3.79 Å². The summed E-state index contributed by atoms with van der Waals surface area (Å²) >= 11 is 5.03. The van der Waals surface area contributed by atoms with Crippen molar-refractivity contribution >= 4 is 51.7 Å². The van der Waals surface area contributed by atoms with Crippen LogP contribution in [-0.4, -0.2) is 19.0 Å². The van der Waals surface area contributed by atoms with E-state index in [2.05, 4.69) is 45.9 Å². The minimum absolute atomic E-state index is 0.000811. The van der Waals surface area contributed by atoms with Crippen molar-refractivity contribution in [1.82, 2.24) is 4.98 Å². The van der Waals surface area contributed by atoms with E-state index >= 15 is 0 Å². The normalized spacial score (nSPS) is 12.6. The van der Waals surface area contributed by atoms with E-state index in [1.807, 2.05) is 20.8 Å². The molecule has 1 aromatic heterocycles. The Labute approximate surface area is 116 Å². The molecule has 17 heavy (non-hydrogen) atoms. The summed E-state index contributed by atoms with van der Waals surface area (Å²) in [7, 11) is -1.45. The van der Waals surface area contributed by atoms with Crippen molar-refractivity contribution in [2.75, 3.05) is 5.32 Å². The first-order chi connectivity index (χ1) is 7.51. The second kappa shape index (κ2) is 4.82. The zero-order chi connectivity index (χ0) is 13.4. The molecule has 96 valence electrons. The van der Waals surface area contributed by atoms with Gasteiger partial charge in [0.1, 0.15) is 8.07 Å². The van der Waals surface area contributed by atoms with Gasteiger partial charge in [0.15, 0.2) is 5.13 Å². The van der Waals surface area contributed by atoms with E-state index in [1.54, 1.807) is 0 Å². The second-order valence-electron chi connectivity index (χ2n) is 6.10. The quantitative estimate of drug-likeness (QED) is 0.842. The molecule has 0 aliphatic heterocycles. The van der Waals surface area contributed by atoms with E-state index in [-0.39, 0.29) is 5.91 Å². The van der Waals surface area contributed by atoms with Crippen LogP contribution in [0.25, 0.3) is 0 Å². The van der Waals surface area contributed by atoms with Gasteiger partial charge in [0, 0.05) is 5.41 Å². The molecule has 0 aliphatic carbocycles. The van der Waals surface area contributed by atoms with E-state index in [1.165, 1.54) is 11.3 Å². The number of rotatable bonds is 2. The van der Waals surface area contributed by atoms with Gasteiger partial charge < -0.3 is 5.32 Å². The maximum Gasteiger partial charge on any atom is 0.231 e. The smallest absolute Gasteiger partial charge is 0.231 e. The van der Waals surface area contributed by atoms with Crippen molar-refractivity contribution in [3.63, 3.8) is 0 Å². The van der Waals surface area contributed by atoms with E-state index < -0.39 is 13.5 Å². The number of aromatic nitrogens is 1. The summed E-state index contributed by atoms with van der Waals surface area (Å²) in [6, 6.07) is 0. The number of thiazole rings is 1. The van der Waals surface area contributed by atoms with Crippen LogP contribution in [0.5, 0.6) is 0 Å². The van der Waals surface area contributed by atoms with Crippen LogP contribution in [0.4, 0.5) is 5.13 Å². The standard InChI is InChI=1S/C11H19BrN2OSSi/c1-11(2,3)9(15)14-10-13-8(7(12)16-10)17(4,5)6/h1-6H3,(H,13,14,15).